The number of rotatable bonds is 18. The minimum Gasteiger partial charge on any atom is -0.756 e. The van der Waals surface area contributed by atoms with Crippen molar-refractivity contribution in [3.8, 4) is 0 Å². The molecule has 6 rings (SSSR count). The van der Waals surface area contributed by atoms with Gasteiger partial charge in [0.2, 0.25) is 11.9 Å². The molecule has 4 aromatic rings. The van der Waals surface area contributed by atoms with Crippen LogP contribution in [0, 0.1) is 0 Å². The van der Waals surface area contributed by atoms with Crippen LogP contribution in [0.4, 0.5) is 11.9 Å². The van der Waals surface area contributed by atoms with Crippen molar-refractivity contribution in [2.75, 3.05) is 52.1 Å². The number of ether oxygens (including phenoxy) is 4. The number of nitrogens with two attached hydrogens (primary N) is 2. The number of unbranched alkanes of at least 4 members (excludes halogenated alkanes) is 2. The van der Waals surface area contributed by atoms with E-state index in [-0.39, 0.29) is 64.2 Å². The molecule has 26 nitrogen and oxygen atoms in total. The van der Waals surface area contributed by atoms with Crippen molar-refractivity contribution in [3.63, 3.8) is 0 Å². The first kappa shape index (κ1) is 48.5. The summed E-state index contributed by atoms with van der Waals surface area (Å²) < 4.78 is 67.6. The molecule has 0 aromatic carbocycles. The topological polar surface area (TPSA) is 374 Å². The van der Waals surface area contributed by atoms with E-state index in [1.807, 2.05) is 13.8 Å². The number of aromatic nitrogens is 8. The van der Waals surface area contributed by atoms with Crippen LogP contribution in [0.1, 0.15) is 52.0 Å². The first-order valence-corrected chi connectivity index (χ1v) is 20.8. The molecule has 2 unspecified atom stereocenters. The van der Waals surface area contributed by atoms with Crippen molar-refractivity contribution in [2.24, 2.45) is 0 Å². The number of hydrogen-bond acceptors (Lipinski definition) is 22. The van der Waals surface area contributed by atoms with Crippen LogP contribution >= 0.6 is 15.6 Å². The van der Waals surface area contributed by atoms with Gasteiger partial charge in [0, 0.05) is 14.2 Å². The van der Waals surface area contributed by atoms with Gasteiger partial charge in [0.05, 0.1) is 39.1 Å². The number of aromatic amines is 2. The van der Waals surface area contributed by atoms with E-state index in [9.17, 15) is 38.7 Å². The Morgan fingerprint density at radius 2 is 1.12 bits per heavy atom. The largest absolute Gasteiger partial charge is 2.00 e. The number of H-pyrrole nitrogens is 2. The SMILES string of the molecule is CCCCOP(=O)([O-])OC[C@H]1O[C@@H](n2cnc3c(=O)[nH]c(N)nc32)[C@H](OC)[C@@H]1O.CCCCOP(=O)([O-])OC[C@H]1O[C@@H](n2cnc3c(=O)[nH]c(N)nc32)[C@H](OC)[C@@H]1O.[Co+2]. The normalized spacial score (nSPS) is 26.3. The van der Waals surface area contributed by atoms with Crippen LogP contribution in [0.15, 0.2) is 22.2 Å². The molecule has 1 radical (unpaired) electrons. The van der Waals surface area contributed by atoms with Gasteiger partial charge >= 0.3 is 16.8 Å². The number of aliphatic hydroxyl groups is 2. The Labute approximate surface area is 345 Å². The average molecular weight is 924 g/mol. The third kappa shape index (κ3) is 11.6. The molecule has 0 aliphatic carbocycles. The zero-order valence-electron chi connectivity index (χ0n) is 32.1. The number of nitrogens with zero attached hydrogens (tertiary/aromatic N) is 6. The zero-order valence-corrected chi connectivity index (χ0v) is 34.9. The third-order valence-corrected chi connectivity index (χ3v) is 10.8. The first-order valence-electron chi connectivity index (χ1n) is 17.9. The van der Waals surface area contributed by atoms with Crippen molar-refractivity contribution in [1.82, 2.24) is 39.0 Å². The number of nitrogens with one attached hydrogen (secondary N) is 2. The molecule has 0 amide bonds. The summed E-state index contributed by atoms with van der Waals surface area (Å²) in [6, 6.07) is 0. The standard InChI is InChI=1S/2C15H24N5O8P.Co/c2*1-3-4-5-26-29(23,24)27-6-8-10(21)11(25-2)14(28-8)20-7-17-9-12(20)18-15(16)19-13(9)22;/h2*7-8,10-11,14,21H,3-6H2,1-2H3,(H,23,24)(H3,16,18,19,22);/q;;+2/p-2/t2*8-,10-,11-,14-;/m11./s1. The molecule has 4 aromatic heterocycles. The fourth-order valence-electron chi connectivity index (χ4n) is 5.97. The second-order valence-electron chi connectivity index (χ2n) is 12.9. The maximum atomic E-state index is 12.0. The Balaban J connectivity index is 0.000000256. The van der Waals surface area contributed by atoms with Crippen LogP contribution in [0.2, 0.25) is 0 Å². The van der Waals surface area contributed by atoms with Gasteiger partial charge in [0.15, 0.2) is 34.8 Å². The molecule has 8 N–H and O–H groups in total. The summed E-state index contributed by atoms with van der Waals surface area (Å²) in [5, 5.41) is 21.0. The van der Waals surface area contributed by atoms with Crippen LogP contribution in [0.25, 0.3) is 22.3 Å². The van der Waals surface area contributed by atoms with Gasteiger partial charge in [0.1, 0.15) is 36.6 Å². The number of methoxy groups -OCH3 is 2. The van der Waals surface area contributed by atoms with Gasteiger partial charge in [-0.25, -0.2) is 9.97 Å². The van der Waals surface area contributed by atoms with Crippen molar-refractivity contribution >= 4 is 49.9 Å². The summed E-state index contributed by atoms with van der Waals surface area (Å²) in [5.41, 5.74) is 10.4. The monoisotopic (exact) mass is 923 g/mol. The number of phosphoric ester groups is 2. The summed E-state index contributed by atoms with van der Waals surface area (Å²) in [6.07, 6.45) is -2.99. The Morgan fingerprint density at radius 3 is 1.46 bits per heavy atom. The van der Waals surface area contributed by atoms with Crippen LogP contribution < -0.4 is 32.4 Å². The zero-order chi connectivity index (χ0) is 42.4. The molecule has 2 aliphatic heterocycles. The van der Waals surface area contributed by atoms with E-state index in [1.165, 1.54) is 36.0 Å². The summed E-state index contributed by atoms with van der Waals surface area (Å²) in [6.45, 7) is 2.85. The van der Waals surface area contributed by atoms with Gasteiger partial charge in [-0.1, -0.05) is 26.7 Å². The van der Waals surface area contributed by atoms with E-state index in [2.05, 4.69) is 29.9 Å². The molecule has 0 bridgehead atoms. The summed E-state index contributed by atoms with van der Waals surface area (Å²) in [7, 11) is -6.36. The Bertz CT molecular complexity index is 2060. The van der Waals surface area contributed by atoms with Crippen LogP contribution in [-0.2, 0) is 63.0 Å². The Morgan fingerprint density at radius 1 is 0.746 bits per heavy atom. The number of anilines is 2. The fourth-order valence-corrected chi connectivity index (χ4v) is 7.49. The van der Waals surface area contributed by atoms with Crippen LogP contribution in [-0.4, -0.2) is 127 Å². The van der Waals surface area contributed by atoms with Crippen LogP contribution in [0.3, 0.4) is 0 Å². The molecular formula is C30H46CoN10O16P2. The van der Waals surface area contributed by atoms with Crippen molar-refractivity contribution in [2.45, 2.75) is 88.6 Å². The maximum Gasteiger partial charge on any atom is 2.00 e. The number of aliphatic hydroxyl groups excluding tert-OH is 2. The van der Waals surface area contributed by atoms with Gasteiger partial charge in [-0.05, 0) is 12.8 Å². The van der Waals surface area contributed by atoms with E-state index >= 15 is 0 Å². The first-order chi connectivity index (χ1) is 27.5. The average Bonchev–Trinajstić information content (AvgIpc) is 3.93. The molecule has 29 heteroatoms. The molecule has 6 heterocycles. The van der Waals surface area contributed by atoms with E-state index in [0.717, 1.165) is 12.8 Å². The summed E-state index contributed by atoms with van der Waals surface area (Å²) >= 11 is 0. The van der Waals surface area contributed by atoms with Gasteiger partial charge in [-0.2, -0.15) is 9.97 Å². The maximum absolute atomic E-state index is 12.0. The third-order valence-electron chi connectivity index (χ3n) is 8.91. The van der Waals surface area contributed by atoms with Gasteiger partial charge in [-0.15, -0.1) is 0 Å². The molecule has 2 aliphatic rings. The van der Waals surface area contributed by atoms with Gasteiger partial charge in [-0.3, -0.25) is 37.8 Å². The quantitative estimate of drug-likeness (QED) is 0.0491. The molecular weight excluding hydrogens is 877 g/mol. The molecule has 2 saturated heterocycles. The van der Waals surface area contributed by atoms with Gasteiger partial charge < -0.3 is 68.5 Å². The van der Waals surface area contributed by atoms with E-state index < -0.39 is 89.1 Å². The second-order valence-corrected chi connectivity index (χ2v) is 15.7. The van der Waals surface area contributed by atoms with Crippen LogP contribution in [0.5, 0.6) is 0 Å². The molecule has 0 spiro atoms. The van der Waals surface area contributed by atoms with E-state index in [1.54, 1.807) is 0 Å². The number of hydrogen-bond donors (Lipinski definition) is 6. The molecule has 2 fully saturated rings. The van der Waals surface area contributed by atoms with Crippen molar-refractivity contribution < 1.29 is 83.0 Å². The van der Waals surface area contributed by atoms with Gasteiger partial charge in [0.25, 0.3) is 26.8 Å². The molecule has 331 valence electrons. The smallest absolute Gasteiger partial charge is 0.756 e. The number of phosphoric acid groups is 2. The Kier molecular flexibility index (Phi) is 17.3. The summed E-state index contributed by atoms with van der Waals surface area (Å²) in [4.78, 5) is 68.3. The fraction of sp³-hybridized carbons (Fsp3) is 0.667. The second kappa shape index (κ2) is 21.0. The number of fused-ring (bicyclic) bond motifs is 2. The number of nitrogen functional groups attached to an aromatic ring is 2. The molecule has 59 heavy (non-hydrogen) atoms. The summed E-state index contributed by atoms with van der Waals surface area (Å²) in [5.74, 6) is -0.235. The number of imidazole rings is 2. The molecule has 10 atom stereocenters. The van der Waals surface area contributed by atoms with Crippen molar-refractivity contribution in [1.29, 1.82) is 0 Å². The predicted octanol–water partition coefficient (Wildman–Crippen LogP) is -1.45. The van der Waals surface area contributed by atoms with Crippen molar-refractivity contribution in [3.05, 3.63) is 33.4 Å². The minimum absolute atomic E-state index is 0. The minimum atomic E-state index is -4.54. The van der Waals surface area contributed by atoms with E-state index in [0.29, 0.717) is 12.8 Å². The predicted molar refractivity (Wildman–Crippen MR) is 195 cm³/mol. The molecule has 0 saturated carbocycles. The van der Waals surface area contributed by atoms with E-state index in [4.69, 9.17) is 48.5 Å². The Hall–Kier alpha value is -3.21.